The summed E-state index contributed by atoms with van der Waals surface area (Å²) in [7, 11) is 0. The van der Waals surface area contributed by atoms with E-state index in [0.717, 1.165) is 33.4 Å². The maximum Gasteiger partial charge on any atom is 0.303 e. The Bertz CT molecular complexity index is 1090. The van der Waals surface area contributed by atoms with E-state index >= 15 is 0 Å². The Labute approximate surface area is 161 Å². The summed E-state index contributed by atoms with van der Waals surface area (Å²) in [5.74, 6) is -1.82. The summed E-state index contributed by atoms with van der Waals surface area (Å²) < 4.78 is 0. The average Bonchev–Trinajstić information content (AvgIpc) is 2.93. The second-order valence-electron chi connectivity index (χ2n) is 7.33. The number of carboxylic acids is 2. The smallest absolute Gasteiger partial charge is 0.303 e. The fraction of sp³-hybridized carbons (Fsp3) is 0.273. The molecule has 28 heavy (non-hydrogen) atoms. The third-order valence-corrected chi connectivity index (χ3v) is 5.50. The number of rotatable bonds is 6. The van der Waals surface area contributed by atoms with E-state index in [2.05, 4.69) is 0 Å². The van der Waals surface area contributed by atoms with Gasteiger partial charge in [-0.3, -0.25) is 9.59 Å². The molecule has 0 saturated heterocycles. The summed E-state index contributed by atoms with van der Waals surface area (Å²) in [6.07, 6.45) is 0.430. The van der Waals surface area contributed by atoms with Crippen LogP contribution in [0.4, 0.5) is 0 Å². The zero-order valence-corrected chi connectivity index (χ0v) is 15.5. The average molecular weight is 376 g/mol. The van der Waals surface area contributed by atoms with Gasteiger partial charge >= 0.3 is 11.9 Å². The number of benzene rings is 2. The zero-order chi connectivity index (χ0) is 19.9. The second-order valence-corrected chi connectivity index (χ2v) is 7.33. The number of hydrogen-bond acceptors (Lipinski definition) is 4. The molecule has 6 heteroatoms. The van der Waals surface area contributed by atoms with E-state index in [4.69, 9.17) is 9.97 Å². The maximum atomic E-state index is 11.4. The molecule has 0 saturated carbocycles. The first-order valence-electron chi connectivity index (χ1n) is 9.23. The molecule has 0 spiro atoms. The summed E-state index contributed by atoms with van der Waals surface area (Å²) in [6.45, 7) is 1.99. The molecule has 1 heterocycles. The monoisotopic (exact) mass is 376 g/mol. The molecule has 0 aliphatic heterocycles. The Kier molecular flexibility index (Phi) is 4.34. The SMILES string of the molecule is Cc1ccc2nc3c(nc2c1)-c1ccccc1C3(CCC(=O)O)CCC(=O)O. The van der Waals surface area contributed by atoms with Crippen LogP contribution in [0.3, 0.4) is 0 Å². The van der Waals surface area contributed by atoms with Crippen LogP contribution in [-0.4, -0.2) is 32.1 Å². The van der Waals surface area contributed by atoms with Crippen molar-refractivity contribution >= 4 is 23.0 Å². The first-order chi connectivity index (χ1) is 13.4. The molecule has 1 aromatic heterocycles. The number of carboxylic acid groups (broad SMARTS) is 2. The number of nitrogens with zero attached hydrogens (tertiary/aromatic N) is 2. The lowest BCUT2D eigenvalue weighted by Crippen LogP contribution is -2.28. The number of carbonyl (C=O) groups is 2. The minimum atomic E-state index is -0.912. The van der Waals surface area contributed by atoms with Crippen molar-refractivity contribution in [2.75, 3.05) is 0 Å². The molecule has 0 radical (unpaired) electrons. The van der Waals surface area contributed by atoms with Crippen molar-refractivity contribution in [1.82, 2.24) is 9.97 Å². The molecule has 2 aromatic carbocycles. The van der Waals surface area contributed by atoms with Crippen LogP contribution < -0.4 is 0 Å². The van der Waals surface area contributed by atoms with Gasteiger partial charge in [-0.2, -0.15) is 0 Å². The number of fused-ring (bicyclic) bond motifs is 4. The van der Waals surface area contributed by atoms with Crippen molar-refractivity contribution in [3.8, 4) is 11.3 Å². The second kappa shape index (κ2) is 6.71. The van der Waals surface area contributed by atoms with Gasteiger partial charge in [-0.25, -0.2) is 9.97 Å². The first kappa shape index (κ1) is 18.1. The van der Waals surface area contributed by atoms with Crippen LogP contribution in [0.2, 0.25) is 0 Å². The first-order valence-corrected chi connectivity index (χ1v) is 9.23. The van der Waals surface area contributed by atoms with Gasteiger partial charge in [-0.05, 0) is 43.0 Å². The van der Waals surface area contributed by atoms with E-state index in [-0.39, 0.29) is 25.7 Å². The van der Waals surface area contributed by atoms with Crippen LogP contribution in [-0.2, 0) is 15.0 Å². The Morgan fingerprint density at radius 2 is 1.61 bits per heavy atom. The highest BCUT2D eigenvalue weighted by atomic mass is 16.4. The number of hydrogen-bond donors (Lipinski definition) is 2. The van der Waals surface area contributed by atoms with Crippen LogP contribution >= 0.6 is 0 Å². The van der Waals surface area contributed by atoms with Gasteiger partial charge < -0.3 is 10.2 Å². The summed E-state index contributed by atoms with van der Waals surface area (Å²) in [6, 6.07) is 13.5. The normalized spacial score (nSPS) is 13.9. The Hall–Kier alpha value is -3.28. The third kappa shape index (κ3) is 2.91. The largest absolute Gasteiger partial charge is 0.481 e. The van der Waals surface area contributed by atoms with Crippen LogP contribution in [0.5, 0.6) is 0 Å². The molecule has 6 nitrogen and oxygen atoms in total. The number of aryl methyl sites for hydroxylation is 1. The fourth-order valence-corrected chi connectivity index (χ4v) is 4.19. The lowest BCUT2D eigenvalue weighted by atomic mass is 9.73. The van der Waals surface area contributed by atoms with Crippen LogP contribution in [0.25, 0.3) is 22.3 Å². The molecule has 0 unspecified atom stereocenters. The van der Waals surface area contributed by atoms with Gasteiger partial charge in [0.15, 0.2) is 0 Å². The van der Waals surface area contributed by atoms with Gasteiger partial charge in [0.1, 0.15) is 0 Å². The fourth-order valence-electron chi connectivity index (χ4n) is 4.19. The van der Waals surface area contributed by atoms with E-state index in [1.54, 1.807) is 0 Å². The highest BCUT2D eigenvalue weighted by Crippen LogP contribution is 2.52. The van der Waals surface area contributed by atoms with Crippen molar-refractivity contribution in [3.05, 3.63) is 59.3 Å². The molecule has 0 amide bonds. The number of aliphatic carboxylic acids is 2. The predicted octanol–water partition coefficient (Wildman–Crippen LogP) is 3.93. The molecule has 1 aliphatic rings. The molecule has 1 aliphatic carbocycles. The molecule has 0 fully saturated rings. The molecule has 2 N–H and O–H groups in total. The van der Waals surface area contributed by atoms with Gasteiger partial charge in [0.05, 0.1) is 22.4 Å². The standard InChI is InChI=1S/C22H20N2O4/c1-13-6-7-16-17(12-13)23-20-14-4-2-3-5-15(14)22(21(20)24-16,10-8-18(25)26)11-9-19(27)28/h2-7,12H,8-11H2,1H3,(H,25,26)(H,27,28). The van der Waals surface area contributed by atoms with Crippen molar-refractivity contribution < 1.29 is 19.8 Å². The molecule has 3 aromatic rings. The molecule has 0 bridgehead atoms. The van der Waals surface area contributed by atoms with Gasteiger partial charge in [-0.15, -0.1) is 0 Å². The van der Waals surface area contributed by atoms with Crippen LogP contribution in [0.1, 0.15) is 42.5 Å². The minimum Gasteiger partial charge on any atom is -0.481 e. The Balaban J connectivity index is 1.98. The number of aromatic nitrogens is 2. The Morgan fingerprint density at radius 1 is 0.929 bits per heavy atom. The van der Waals surface area contributed by atoms with Crippen molar-refractivity contribution in [2.45, 2.75) is 38.0 Å². The minimum absolute atomic E-state index is 0.0684. The van der Waals surface area contributed by atoms with Crippen molar-refractivity contribution in [3.63, 3.8) is 0 Å². The topological polar surface area (TPSA) is 100 Å². The molecular formula is C22H20N2O4. The highest BCUT2D eigenvalue weighted by molar-refractivity contribution is 5.85. The van der Waals surface area contributed by atoms with E-state index < -0.39 is 17.4 Å². The summed E-state index contributed by atoms with van der Waals surface area (Å²) in [4.78, 5) is 32.4. The van der Waals surface area contributed by atoms with E-state index in [1.165, 1.54) is 0 Å². The van der Waals surface area contributed by atoms with Crippen LogP contribution in [0, 0.1) is 6.92 Å². The maximum absolute atomic E-state index is 11.4. The third-order valence-electron chi connectivity index (χ3n) is 5.50. The lowest BCUT2D eigenvalue weighted by molar-refractivity contribution is -0.137. The molecule has 4 rings (SSSR count). The summed E-state index contributed by atoms with van der Waals surface area (Å²) >= 11 is 0. The van der Waals surface area contributed by atoms with E-state index in [9.17, 15) is 19.8 Å². The Morgan fingerprint density at radius 3 is 2.29 bits per heavy atom. The predicted molar refractivity (Wildman–Crippen MR) is 104 cm³/mol. The van der Waals surface area contributed by atoms with Crippen molar-refractivity contribution in [2.24, 2.45) is 0 Å². The molecule has 142 valence electrons. The van der Waals surface area contributed by atoms with E-state index in [1.807, 2.05) is 49.4 Å². The van der Waals surface area contributed by atoms with Crippen molar-refractivity contribution in [1.29, 1.82) is 0 Å². The zero-order valence-electron chi connectivity index (χ0n) is 15.5. The molecule has 0 atom stereocenters. The quantitative estimate of drug-likeness (QED) is 0.676. The van der Waals surface area contributed by atoms with E-state index in [0.29, 0.717) is 5.69 Å². The summed E-state index contributed by atoms with van der Waals surface area (Å²) in [5, 5.41) is 18.6. The summed E-state index contributed by atoms with van der Waals surface area (Å²) in [5.41, 5.74) is 5.05. The van der Waals surface area contributed by atoms with Gasteiger partial charge in [0, 0.05) is 23.8 Å². The van der Waals surface area contributed by atoms with Gasteiger partial charge in [-0.1, -0.05) is 30.3 Å². The van der Waals surface area contributed by atoms with Gasteiger partial charge in [0.2, 0.25) is 0 Å². The van der Waals surface area contributed by atoms with Gasteiger partial charge in [0.25, 0.3) is 0 Å². The van der Waals surface area contributed by atoms with Crippen LogP contribution in [0.15, 0.2) is 42.5 Å². The molecular weight excluding hydrogens is 356 g/mol. The highest BCUT2D eigenvalue weighted by Gasteiger charge is 2.45. The lowest BCUT2D eigenvalue weighted by Gasteiger charge is -2.30.